The molecule has 0 radical (unpaired) electrons. The number of carbonyl (C=O) groups is 1. The number of rotatable bonds is 7. The van der Waals surface area contributed by atoms with Crippen LogP contribution in [0.25, 0.3) is 10.2 Å². The van der Waals surface area contributed by atoms with Crippen molar-refractivity contribution < 1.29 is 14.3 Å². The van der Waals surface area contributed by atoms with Gasteiger partial charge in [-0.1, -0.05) is 26.0 Å². The summed E-state index contributed by atoms with van der Waals surface area (Å²) in [5.41, 5.74) is 3.04. The number of thiophene rings is 1. The lowest BCUT2D eigenvalue weighted by atomic mass is 10.0. The highest BCUT2D eigenvalue weighted by atomic mass is 32.1. The zero-order chi connectivity index (χ0) is 19.4. The number of esters is 1. The Bertz CT molecular complexity index is 936. The Morgan fingerprint density at radius 3 is 2.59 bits per heavy atom. The van der Waals surface area contributed by atoms with E-state index in [0.29, 0.717) is 23.2 Å². The summed E-state index contributed by atoms with van der Waals surface area (Å²) in [7, 11) is 1.57. The van der Waals surface area contributed by atoms with Crippen LogP contribution in [0.2, 0.25) is 0 Å². The lowest BCUT2D eigenvalue weighted by Crippen LogP contribution is -2.09. The molecule has 1 N–H and O–H groups in total. The molecule has 2 aromatic heterocycles. The first-order valence-corrected chi connectivity index (χ1v) is 9.60. The quantitative estimate of drug-likeness (QED) is 0.471. The third kappa shape index (κ3) is 4.26. The summed E-state index contributed by atoms with van der Waals surface area (Å²) in [5, 5.41) is 4.18. The van der Waals surface area contributed by atoms with Crippen LogP contribution < -0.4 is 5.32 Å². The Labute approximate surface area is 162 Å². The largest absolute Gasteiger partial charge is 0.459 e. The maximum Gasteiger partial charge on any atom is 0.348 e. The van der Waals surface area contributed by atoms with Crippen molar-refractivity contribution in [2.24, 2.45) is 0 Å². The lowest BCUT2D eigenvalue weighted by molar-refractivity contribution is 0.0393. The number of ether oxygens (including phenoxy) is 2. The number of nitrogens with zero attached hydrogens (tertiary/aromatic N) is 2. The van der Waals surface area contributed by atoms with Crippen LogP contribution in [0, 0.1) is 6.92 Å². The van der Waals surface area contributed by atoms with Crippen molar-refractivity contribution in [3.63, 3.8) is 0 Å². The maximum atomic E-state index is 12.3. The SMILES string of the molecule is COCCOC(=O)c1sc2ncnc(Nc3ccc(C(C)C)cc3)c2c1C. The zero-order valence-electron chi connectivity index (χ0n) is 15.9. The molecule has 0 atom stereocenters. The number of hydrogen-bond acceptors (Lipinski definition) is 7. The van der Waals surface area contributed by atoms with Gasteiger partial charge in [0.1, 0.15) is 28.5 Å². The Kier molecular flexibility index (Phi) is 6.03. The van der Waals surface area contributed by atoms with Gasteiger partial charge in [0.15, 0.2) is 0 Å². The van der Waals surface area contributed by atoms with Crippen molar-refractivity contribution in [3.8, 4) is 0 Å². The molecule has 0 saturated carbocycles. The van der Waals surface area contributed by atoms with Crippen LogP contribution in [-0.4, -0.2) is 36.3 Å². The van der Waals surface area contributed by atoms with E-state index in [1.807, 2.05) is 19.1 Å². The molecule has 6 nitrogen and oxygen atoms in total. The number of hydrogen-bond donors (Lipinski definition) is 1. The minimum Gasteiger partial charge on any atom is -0.459 e. The molecule has 7 heteroatoms. The van der Waals surface area contributed by atoms with E-state index in [-0.39, 0.29) is 12.6 Å². The molecule has 0 fully saturated rings. The maximum absolute atomic E-state index is 12.3. The van der Waals surface area contributed by atoms with E-state index in [1.54, 1.807) is 7.11 Å². The van der Waals surface area contributed by atoms with E-state index < -0.39 is 0 Å². The summed E-state index contributed by atoms with van der Waals surface area (Å²) in [6, 6.07) is 8.27. The van der Waals surface area contributed by atoms with Gasteiger partial charge in [-0.05, 0) is 36.1 Å². The van der Waals surface area contributed by atoms with Crippen molar-refractivity contribution in [1.29, 1.82) is 0 Å². The molecular weight excluding hydrogens is 362 g/mol. The molecule has 0 bridgehead atoms. The molecule has 0 saturated heterocycles. The molecule has 0 aliphatic rings. The van der Waals surface area contributed by atoms with Crippen LogP contribution in [-0.2, 0) is 9.47 Å². The second-order valence-corrected chi connectivity index (χ2v) is 7.49. The first-order chi connectivity index (χ1) is 13.0. The van der Waals surface area contributed by atoms with E-state index in [2.05, 4.69) is 41.3 Å². The number of benzene rings is 1. The van der Waals surface area contributed by atoms with Gasteiger partial charge in [-0.25, -0.2) is 14.8 Å². The number of anilines is 2. The molecule has 0 spiro atoms. The first-order valence-electron chi connectivity index (χ1n) is 8.78. The third-order valence-electron chi connectivity index (χ3n) is 4.27. The Hall–Kier alpha value is -2.51. The average molecular weight is 385 g/mol. The van der Waals surface area contributed by atoms with Gasteiger partial charge in [0.2, 0.25) is 0 Å². The van der Waals surface area contributed by atoms with Gasteiger partial charge in [0.25, 0.3) is 0 Å². The van der Waals surface area contributed by atoms with Gasteiger partial charge in [0.05, 0.1) is 12.0 Å². The van der Waals surface area contributed by atoms with E-state index in [0.717, 1.165) is 21.5 Å². The summed E-state index contributed by atoms with van der Waals surface area (Å²) in [5.74, 6) is 0.803. The normalized spacial score (nSPS) is 11.1. The average Bonchev–Trinajstić information content (AvgIpc) is 3.00. The van der Waals surface area contributed by atoms with Crippen LogP contribution in [0.3, 0.4) is 0 Å². The first kappa shape index (κ1) is 19.3. The minimum atomic E-state index is -0.361. The van der Waals surface area contributed by atoms with Crippen LogP contribution in [0.15, 0.2) is 30.6 Å². The monoisotopic (exact) mass is 385 g/mol. The highest BCUT2D eigenvalue weighted by Crippen LogP contribution is 2.35. The molecule has 0 unspecified atom stereocenters. The number of methoxy groups -OCH3 is 1. The Morgan fingerprint density at radius 2 is 1.93 bits per heavy atom. The van der Waals surface area contributed by atoms with Crippen molar-refractivity contribution in [2.45, 2.75) is 26.7 Å². The van der Waals surface area contributed by atoms with Gasteiger partial charge >= 0.3 is 5.97 Å². The van der Waals surface area contributed by atoms with Crippen LogP contribution in [0.4, 0.5) is 11.5 Å². The molecular formula is C20H23N3O3S. The smallest absolute Gasteiger partial charge is 0.348 e. The topological polar surface area (TPSA) is 73.3 Å². The minimum absolute atomic E-state index is 0.224. The molecule has 0 amide bonds. The Morgan fingerprint density at radius 1 is 1.19 bits per heavy atom. The van der Waals surface area contributed by atoms with Crippen LogP contribution in [0.1, 0.15) is 40.6 Å². The molecule has 0 aliphatic carbocycles. The van der Waals surface area contributed by atoms with E-state index in [1.165, 1.54) is 23.2 Å². The molecule has 142 valence electrons. The second-order valence-electron chi connectivity index (χ2n) is 6.49. The predicted molar refractivity (Wildman–Crippen MR) is 108 cm³/mol. The number of carbonyl (C=O) groups excluding carboxylic acids is 1. The predicted octanol–water partition coefficient (Wildman–Crippen LogP) is 4.67. The van der Waals surface area contributed by atoms with Crippen LogP contribution >= 0.6 is 11.3 Å². The fraction of sp³-hybridized carbons (Fsp3) is 0.350. The van der Waals surface area contributed by atoms with Gasteiger partial charge in [-0.3, -0.25) is 0 Å². The summed E-state index contributed by atoms with van der Waals surface area (Å²) in [6.45, 7) is 6.82. The summed E-state index contributed by atoms with van der Waals surface area (Å²) < 4.78 is 10.2. The van der Waals surface area contributed by atoms with E-state index in [4.69, 9.17) is 9.47 Å². The van der Waals surface area contributed by atoms with E-state index in [9.17, 15) is 4.79 Å². The molecule has 3 rings (SSSR count). The highest BCUT2D eigenvalue weighted by molar-refractivity contribution is 7.20. The number of aromatic nitrogens is 2. The molecule has 27 heavy (non-hydrogen) atoms. The Balaban J connectivity index is 1.89. The van der Waals surface area contributed by atoms with Crippen molar-refractivity contribution in [3.05, 3.63) is 46.6 Å². The summed E-state index contributed by atoms with van der Waals surface area (Å²) in [6.07, 6.45) is 1.50. The van der Waals surface area contributed by atoms with Crippen molar-refractivity contribution in [2.75, 3.05) is 25.6 Å². The lowest BCUT2D eigenvalue weighted by Gasteiger charge is -2.10. The van der Waals surface area contributed by atoms with Gasteiger partial charge < -0.3 is 14.8 Å². The highest BCUT2D eigenvalue weighted by Gasteiger charge is 2.20. The van der Waals surface area contributed by atoms with E-state index >= 15 is 0 Å². The molecule has 2 heterocycles. The van der Waals surface area contributed by atoms with Crippen LogP contribution in [0.5, 0.6) is 0 Å². The van der Waals surface area contributed by atoms with Gasteiger partial charge in [0, 0.05) is 12.8 Å². The fourth-order valence-corrected chi connectivity index (χ4v) is 3.77. The molecule has 3 aromatic rings. The molecule has 1 aromatic carbocycles. The molecule has 0 aliphatic heterocycles. The number of aryl methyl sites for hydroxylation is 1. The number of fused-ring (bicyclic) bond motifs is 1. The summed E-state index contributed by atoms with van der Waals surface area (Å²) >= 11 is 1.31. The van der Waals surface area contributed by atoms with Crippen molar-refractivity contribution in [1.82, 2.24) is 9.97 Å². The van der Waals surface area contributed by atoms with Gasteiger partial charge in [-0.15, -0.1) is 11.3 Å². The number of nitrogens with one attached hydrogen (secondary N) is 1. The standard InChI is InChI=1S/C20H23N3O3S/c1-12(2)14-5-7-15(8-6-14)23-18-16-13(3)17(20(24)26-10-9-25-4)27-19(16)22-11-21-18/h5-8,11-12H,9-10H2,1-4H3,(H,21,22,23). The second kappa shape index (κ2) is 8.45. The van der Waals surface area contributed by atoms with Gasteiger partial charge in [-0.2, -0.15) is 0 Å². The zero-order valence-corrected chi connectivity index (χ0v) is 16.7. The fourth-order valence-electron chi connectivity index (χ4n) is 2.73. The van der Waals surface area contributed by atoms with Crippen molar-refractivity contribution >= 4 is 39.0 Å². The third-order valence-corrected chi connectivity index (χ3v) is 5.45. The summed E-state index contributed by atoms with van der Waals surface area (Å²) in [4.78, 5) is 22.3.